The molecule has 0 aromatic heterocycles. The lowest BCUT2D eigenvalue weighted by molar-refractivity contribution is -0.143. The number of carbonyl (C=O) groups is 3. The number of piperidine rings is 2. The Morgan fingerprint density at radius 1 is 1.22 bits per heavy atom. The molecule has 2 aliphatic heterocycles. The van der Waals surface area contributed by atoms with Gasteiger partial charge in [-0.3, -0.25) is 19.7 Å². The van der Waals surface area contributed by atoms with Gasteiger partial charge in [-0.1, -0.05) is 0 Å². The van der Waals surface area contributed by atoms with E-state index in [0.29, 0.717) is 0 Å². The molecule has 2 fully saturated rings. The van der Waals surface area contributed by atoms with Gasteiger partial charge in [-0.15, -0.1) is 0 Å². The molecule has 2 saturated heterocycles. The van der Waals surface area contributed by atoms with Crippen LogP contribution in [0.1, 0.15) is 43.6 Å². The summed E-state index contributed by atoms with van der Waals surface area (Å²) >= 11 is 0. The molecular formula is C18H20F2N2O5. The van der Waals surface area contributed by atoms with E-state index >= 15 is 0 Å². The van der Waals surface area contributed by atoms with E-state index in [1.54, 1.807) is 4.90 Å². The van der Waals surface area contributed by atoms with Crippen LogP contribution in [-0.4, -0.2) is 46.7 Å². The third kappa shape index (κ3) is 4.08. The van der Waals surface area contributed by atoms with Crippen LogP contribution in [0.4, 0.5) is 14.5 Å². The van der Waals surface area contributed by atoms with Gasteiger partial charge in [0.05, 0.1) is 23.6 Å². The fraction of sp³-hybridized carbons (Fsp3) is 0.500. The molecule has 9 heteroatoms. The van der Waals surface area contributed by atoms with Gasteiger partial charge in [-0.05, 0) is 25.3 Å². The van der Waals surface area contributed by atoms with E-state index in [4.69, 9.17) is 5.11 Å². The Morgan fingerprint density at radius 2 is 1.89 bits per heavy atom. The summed E-state index contributed by atoms with van der Waals surface area (Å²) in [5.41, 5.74) is -1.45. The molecule has 0 aliphatic carbocycles. The van der Waals surface area contributed by atoms with E-state index in [9.17, 15) is 28.3 Å². The molecule has 2 amide bonds. The second-order valence-corrected chi connectivity index (χ2v) is 7.11. The van der Waals surface area contributed by atoms with E-state index in [1.165, 1.54) is 0 Å². The highest BCUT2D eigenvalue weighted by Crippen LogP contribution is 2.34. The monoisotopic (exact) mass is 382 g/mol. The SMILES string of the molecule is O=C(O)CC1(O)CCN(c2cc(F)c(C3CCC(=O)NC3=O)cc2F)CC1. The van der Waals surface area contributed by atoms with E-state index in [1.807, 2.05) is 0 Å². The first-order valence-corrected chi connectivity index (χ1v) is 8.70. The first-order chi connectivity index (χ1) is 12.7. The quantitative estimate of drug-likeness (QED) is 0.678. The molecule has 2 heterocycles. The average Bonchev–Trinajstić information content (AvgIpc) is 2.57. The minimum atomic E-state index is -1.36. The van der Waals surface area contributed by atoms with Crippen molar-refractivity contribution >= 4 is 23.5 Å². The second-order valence-electron chi connectivity index (χ2n) is 7.11. The number of anilines is 1. The number of nitrogens with one attached hydrogen (secondary N) is 1. The zero-order chi connectivity index (χ0) is 19.8. The number of hydrogen-bond donors (Lipinski definition) is 3. The van der Waals surface area contributed by atoms with Crippen LogP contribution >= 0.6 is 0 Å². The average molecular weight is 382 g/mol. The van der Waals surface area contributed by atoms with Crippen LogP contribution in [-0.2, 0) is 14.4 Å². The number of aliphatic hydroxyl groups is 1. The molecule has 0 bridgehead atoms. The maximum absolute atomic E-state index is 14.6. The Morgan fingerprint density at radius 3 is 2.48 bits per heavy atom. The molecule has 1 unspecified atom stereocenters. The minimum Gasteiger partial charge on any atom is -0.481 e. The third-order valence-corrected chi connectivity index (χ3v) is 5.20. The molecule has 3 rings (SSSR count). The summed E-state index contributed by atoms with van der Waals surface area (Å²) in [6.07, 6.45) is 0.0243. The molecule has 0 radical (unpaired) electrons. The predicted octanol–water partition coefficient (Wildman–Crippen LogP) is 1.29. The third-order valence-electron chi connectivity index (χ3n) is 5.20. The number of nitrogens with zero attached hydrogens (tertiary/aromatic N) is 1. The van der Waals surface area contributed by atoms with Crippen LogP contribution in [0.2, 0.25) is 0 Å². The highest BCUT2D eigenvalue weighted by atomic mass is 19.1. The van der Waals surface area contributed by atoms with Crippen molar-refractivity contribution in [2.75, 3.05) is 18.0 Å². The number of imide groups is 1. The highest BCUT2D eigenvalue weighted by Gasteiger charge is 2.36. The zero-order valence-electron chi connectivity index (χ0n) is 14.5. The largest absolute Gasteiger partial charge is 0.481 e. The van der Waals surface area contributed by atoms with Crippen LogP contribution < -0.4 is 10.2 Å². The van der Waals surface area contributed by atoms with Gasteiger partial charge in [-0.2, -0.15) is 0 Å². The number of amides is 2. The lowest BCUT2D eigenvalue weighted by Gasteiger charge is -2.38. The Hall–Kier alpha value is -2.55. The van der Waals surface area contributed by atoms with Crippen LogP contribution in [0.15, 0.2) is 12.1 Å². The van der Waals surface area contributed by atoms with Crippen molar-refractivity contribution in [1.82, 2.24) is 5.32 Å². The highest BCUT2D eigenvalue weighted by molar-refractivity contribution is 6.01. The van der Waals surface area contributed by atoms with E-state index in [2.05, 4.69) is 5.32 Å². The summed E-state index contributed by atoms with van der Waals surface area (Å²) in [4.78, 5) is 35.5. The van der Waals surface area contributed by atoms with Gasteiger partial charge in [0.15, 0.2) is 0 Å². The molecule has 1 aromatic rings. The smallest absolute Gasteiger partial charge is 0.306 e. The summed E-state index contributed by atoms with van der Waals surface area (Å²) in [5.74, 6) is -4.57. The van der Waals surface area contributed by atoms with Gasteiger partial charge in [-0.25, -0.2) is 8.78 Å². The molecule has 0 spiro atoms. The van der Waals surface area contributed by atoms with Gasteiger partial charge >= 0.3 is 5.97 Å². The maximum atomic E-state index is 14.6. The van der Waals surface area contributed by atoms with Crippen molar-refractivity contribution in [2.24, 2.45) is 0 Å². The number of rotatable bonds is 4. The van der Waals surface area contributed by atoms with Gasteiger partial charge in [0, 0.05) is 31.1 Å². The van der Waals surface area contributed by atoms with Crippen LogP contribution in [0.3, 0.4) is 0 Å². The summed E-state index contributed by atoms with van der Waals surface area (Å²) in [6, 6.07) is 1.98. The number of halogens is 2. The molecule has 7 nitrogen and oxygen atoms in total. The van der Waals surface area contributed by atoms with Crippen LogP contribution in [0.5, 0.6) is 0 Å². The fourth-order valence-electron chi connectivity index (χ4n) is 3.67. The Balaban J connectivity index is 1.77. The van der Waals surface area contributed by atoms with Crippen molar-refractivity contribution in [3.8, 4) is 0 Å². The molecule has 0 saturated carbocycles. The van der Waals surface area contributed by atoms with Crippen molar-refractivity contribution in [3.05, 3.63) is 29.3 Å². The lowest BCUT2D eigenvalue weighted by Crippen LogP contribution is -2.46. The Kier molecular flexibility index (Phi) is 5.14. The molecule has 1 atom stereocenters. The molecule has 1 aromatic carbocycles. The topological polar surface area (TPSA) is 107 Å². The second kappa shape index (κ2) is 7.22. The van der Waals surface area contributed by atoms with Crippen LogP contribution in [0, 0.1) is 11.6 Å². The minimum absolute atomic E-state index is 0.000851. The van der Waals surface area contributed by atoms with Gasteiger partial charge in [0.2, 0.25) is 11.8 Å². The molecular weight excluding hydrogens is 362 g/mol. The molecule has 3 N–H and O–H groups in total. The number of carbonyl (C=O) groups excluding carboxylic acids is 2. The predicted molar refractivity (Wildman–Crippen MR) is 90.1 cm³/mol. The number of carboxylic acids is 1. The Labute approximate surface area is 154 Å². The number of aliphatic carboxylic acids is 1. The first-order valence-electron chi connectivity index (χ1n) is 8.70. The molecule has 2 aliphatic rings. The van der Waals surface area contributed by atoms with E-state index in [-0.39, 0.29) is 50.0 Å². The standard InChI is InChI=1S/C18H20F2N2O5/c19-12-8-14(22-5-3-18(27,4-6-22)9-16(24)25)13(20)7-11(12)10-1-2-15(23)21-17(10)26/h7-8,10,27H,1-6,9H2,(H,24,25)(H,21,23,26). The summed E-state index contributed by atoms with van der Waals surface area (Å²) < 4.78 is 29.2. The summed E-state index contributed by atoms with van der Waals surface area (Å²) in [6.45, 7) is 0.357. The first kappa shape index (κ1) is 19.2. The van der Waals surface area contributed by atoms with E-state index in [0.717, 1.165) is 12.1 Å². The fourth-order valence-corrected chi connectivity index (χ4v) is 3.67. The van der Waals surface area contributed by atoms with Gasteiger partial charge in [0.1, 0.15) is 11.6 Å². The zero-order valence-corrected chi connectivity index (χ0v) is 14.5. The lowest BCUT2D eigenvalue weighted by atomic mass is 9.87. The normalized spacial score (nSPS) is 22.5. The van der Waals surface area contributed by atoms with Crippen LogP contribution in [0.25, 0.3) is 0 Å². The number of carboxylic acid groups (broad SMARTS) is 1. The van der Waals surface area contributed by atoms with Crippen molar-refractivity contribution in [2.45, 2.75) is 43.6 Å². The molecule has 146 valence electrons. The maximum Gasteiger partial charge on any atom is 0.306 e. The summed E-state index contributed by atoms with van der Waals surface area (Å²) in [7, 11) is 0. The Bertz CT molecular complexity index is 790. The van der Waals surface area contributed by atoms with Crippen molar-refractivity contribution in [1.29, 1.82) is 0 Å². The van der Waals surface area contributed by atoms with Crippen molar-refractivity contribution < 1.29 is 33.4 Å². The number of hydrogen-bond acceptors (Lipinski definition) is 5. The number of benzene rings is 1. The molecule has 27 heavy (non-hydrogen) atoms. The summed E-state index contributed by atoms with van der Waals surface area (Å²) in [5, 5.41) is 21.2. The van der Waals surface area contributed by atoms with Crippen molar-refractivity contribution in [3.63, 3.8) is 0 Å². The van der Waals surface area contributed by atoms with E-state index < -0.39 is 47.4 Å². The van der Waals surface area contributed by atoms with Gasteiger partial charge < -0.3 is 15.1 Å². The van der Waals surface area contributed by atoms with Gasteiger partial charge in [0.25, 0.3) is 0 Å².